The summed E-state index contributed by atoms with van der Waals surface area (Å²) in [4.78, 5) is 11.6. The first kappa shape index (κ1) is 11.8. The SMILES string of the molecule is CO[C@H]1OC(=O)[C@H](C)[C@@H]2[C@@H]1[C@@H](CO)C[C@@H]2O. The van der Waals surface area contributed by atoms with Crippen molar-refractivity contribution in [3.05, 3.63) is 0 Å². The predicted octanol–water partition coefficient (Wildman–Crippen LogP) is -0.243. The molecule has 6 atom stereocenters. The molecular formula is C11H18O5. The first-order chi connectivity index (χ1) is 7.60. The Morgan fingerprint density at radius 1 is 1.50 bits per heavy atom. The third-order valence-electron chi connectivity index (χ3n) is 3.94. The molecule has 1 heterocycles. The summed E-state index contributed by atoms with van der Waals surface area (Å²) in [5.41, 5.74) is 0. The van der Waals surface area contributed by atoms with Crippen molar-refractivity contribution in [3.63, 3.8) is 0 Å². The van der Waals surface area contributed by atoms with E-state index in [-0.39, 0.29) is 36.2 Å². The van der Waals surface area contributed by atoms with Gasteiger partial charge in [-0.25, -0.2) is 0 Å². The number of hydrogen-bond donors (Lipinski definition) is 2. The van der Waals surface area contributed by atoms with E-state index < -0.39 is 12.4 Å². The lowest BCUT2D eigenvalue weighted by Crippen LogP contribution is -2.47. The van der Waals surface area contributed by atoms with Gasteiger partial charge in [-0.15, -0.1) is 0 Å². The molecule has 2 rings (SSSR count). The molecule has 92 valence electrons. The molecule has 2 fully saturated rings. The fourth-order valence-electron chi connectivity index (χ4n) is 3.12. The normalized spacial score (nSPS) is 47.6. The number of aliphatic hydroxyl groups excluding tert-OH is 2. The Kier molecular flexibility index (Phi) is 3.19. The van der Waals surface area contributed by atoms with E-state index in [1.165, 1.54) is 7.11 Å². The summed E-state index contributed by atoms with van der Waals surface area (Å²) in [6.07, 6.45) is -0.683. The zero-order valence-corrected chi connectivity index (χ0v) is 9.50. The number of methoxy groups -OCH3 is 1. The van der Waals surface area contributed by atoms with Gasteiger partial charge in [0, 0.05) is 25.6 Å². The second-order valence-electron chi connectivity index (χ2n) is 4.73. The number of carbonyl (C=O) groups excluding carboxylic acids is 1. The number of fused-ring (bicyclic) bond motifs is 1. The van der Waals surface area contributed by atoms with Crippen LogP contribution in [0, 0.1) is 23.7 Å². The van der Waals surface area contributed by atoms with Gasteiger partial charge in [0.2, 0.25) is 6.29 Å². The van der Waals surface area contributed by atoms with Crippen molar-refractivity contribution < 1.29 is 24.5 Å². The highest BCUT2D eigenvalue weighted by molar-refractivity contribution is 5.73. The van der Waals surface area contributed by atoms with Crippen LogP contribution >= 0.6 is 0 Å². The number of carbonyl (C=O) groups is 1. The molecule has 5 heteroatoms. The van der Waals surface area contributed by atoms with Crippen molar-refractivity contribution in [2.75, 3.05) is 13.7 Å². The maximum atomic E-state index is 11.6. The van der Waals surface area contributed by atoms with Gasteiger partial charge in [0.15, 0.2) is 0 Å². The van der Waals surface area contributed by atoms with E-state index in [1.807, 2.05) is 0 Å². The van der Waals surface area contributed by atoms with E-state index in [0.717, 1.165) is 0 Å². The molecule has 0 amide bonds. The highest BCUT2D eigenvalue weighted by Gasteiger charge is 2.54. The Balaban J connectivity index is 2.27. The Morgan fingerprint density at radius 2 is 2.19 bits per heavy atom. The van der Waals surface area contributed by atoms with Crippen molar-refractivity contribution in [2.24, 2.45) is 23.7 Å². The van der Waals surface area contributed by atoms with Gasteiger partial charge < -0.3 is 19.7 Å². The summed E-state index contributed by atoms with van der Waals surface area (Å²) in [5.74, 6) is -0.977. The van der Waals surface area contributed by atoms with Crippen LogP contribution in [0.5, 0.6) is 0 Å². The fraction of sp³-hybridized carbons (Fsp3) is 0.909. The zero-order chi connectivity index (χ0) is 11.9. The third-order valence-corrected chi connectivity index (χ3v) is 3.94. The van der Waals surface area contributed by atoms with Crippen LogP contribution in [-0.2, 0) is 14.3 Å². The summed E-state index contributed by atoms with van der Waals surface area (Å²) in [6, 6.07) is 0. The lowest BCUT2D eigenvalue weighted by Gasteiger charge is -2.38. The van der Waals surface area contributed by atoms with E-state index in [0.29, 0.717) is 6.42 Å². The Labute approximate surface area is 94.4 Å². The molecule has 1 aliphatic carbocycles. The molecule has 0 spiro atoms. The van der Waals surface area contributed by atoms with Gasteiger partial charge in [-0.05, 0) is 12.3 Å². The predicted molar refractivity (Wildman–Crippen MR) is 54.2 cm³/mol. The molecule has 2 N–H and O–H groups in total. The molecule has 1 saturated heterocycles. The lowest BCUT2D eigenvalue weighted by atomic mass is 9.79. The van der Waals surface area contributed by atoms with E-state index in [2.05, 4.69) is 0 Å². The number of aliphatic hydroxyl groups is 2. The van der Waals surface area contributed by atoms with Crippen LogP contribution in [0.3, 0.4) is 0 Å². The number of esters is 1. The second-order valence-corrected chi connectivity index (χ2v) is 4.73. The largest absolute Gasteiger partial charge is 0.435 e. The molecule has 0 radical (unpaired) electrons. The van der Waals surface area contributed by atoms with Crippen LogP contribution in [-0.4, -0.2) is 42.3 Å². The van der Waals surface area contributed by atoms with Crippen LogP contribution in [0.1, 0.15) is 13.3 Å². The molecule has 1 aliphatic heterocycles. The maximum Gasteiger partial charge on any atom is 0.311 e. The van der Waals surface area contributed by atoms with Gasteiger partial charge in [0.1, 0.15) is 0 Å². The van der Waals surface area contributed by atoms with E-state index in [1.54, 1.807) is 6.92 Å². The van der Waals surface area contributed by atoms with Crippen molar-refractivity contribution >= 4 is 5.97 Å². The minimum absolute atomic E-state index is 0.0116. The highest BCUT2D eigenvalue weighted by Crippen LogP contribution is 2.47. The first-order valence-electron chi connectivity index (χ1n) is 5.62. The smallest absolute Gasteiger partial charge is 0.311 e. The second kappa shape index (κ2) is 4.31. The number of rotatable bonds is 2. The maximum absolute atomic E-state index is 11.6. The molecule has 1 saturated carbocycles. The first-order valence-corrected chi connectivity index (χ1v) is 5.62. The fourth-order valence-corrected chi connectivity index (χ4v) is 3.12. The average molecular weight is 230 g/mol. The molecule has 0 unspecified atom stereocenters. The Hall–Kier alpha value is -0.650. The summed E-state index contributed by atoms with van der Waals surface area (Å²) in [5, 5.41) is 19.2. The van der Waals surface area contributed by atoms with Crippen molar-refractivity contribution in [1.29, 1.82) is 0 Å². The van der Waals surface area contributed by atoms with Gasteiger partial charge in [0.25, 0.3) is 0 Å². The van der Waals surface area contributed by atoms with Crippen molar-refractivity contribution in [2.45, 2.75) is 25.7 Å². The molecule has 0 bridgehead atoms. The van der Waals surface area contributed by atoms with Gasteiger partial charge in [-0.3, -0.25) is 4.79 Å². The summed E-state index contributed by atoms with van der Waals surface area (Å²) < 4.78 is 10.3. The minimum Gasteiger partial charge on any atom is -0.435 e. The zero-order valence-electron chi connectivity index (χ0n) is 9.50. The number of hydrogen-bond acceptors (Lipinski definition) is 5. The Morgan fingerprint density at radius 3 is 2.75 bits per heavy atom. The van der Waals surface area contributed by atoms with Crippen LogP contribution in [0.4, 0.5) is 0 Å². The molecule has 0 aromatic heterocycles. The van der Waals surface area contributed by atoms with Crippen molar-refractivity contribution in [3.8, 4) is 0 Å². The summed E-state index contributed by atoms with van der Waals surface area (Å²) in [6.45, 7) is 1.75. The van der Waals surface area contributed by atoms with E-state index >= 15 is 0 Å². The van der Waals surface area contributed by atoms with Gasteiger partial charge >= 0.3 is 5.97 Å². The molecular weight excluding hydrogens is 212 g/mol. The van der Waals surface area contributed by atoms with E-state index in [4.69, 9.17) is 9.47 Å². The van der Waals surface area contributed by atoms with Gasteiger partial charge in [0.05, 0.1) is 12.0 Å². The Bertz CT molecular complexity index is 280. The number of cyclic esters (lactones) is 1. The monoisotopic (exact) mass is 230 g/mol. The van der Waals surface area contributed by atoms with Gasteiger partial charge in [-0.2, -0.15) is 0 Å². The van der Waals surface area contributed by atoms with Crippen LogP contribution < -0.4 is 0 Å². The van der Waals surface area contributed by atoms with Crippen LogP contribution in [0.2, 0.25) is 0 Å². The van der Waals surface area contributed by atoms with Gasteiger partial charge in [-0.1, -0.05) is 6.92 Å². The van der Waals surface area contributed by atoms with E-state index in [9.17, 15) is 15.0 Å². The molecule has 5 nitrogen and oxygen atoms in total. The van der Waals surface area contributed by atoms with Crippen LogP contribution in [0.25, 0.3) is 0 Å². The summed E-state index contributed by atoms with van der Waals surface area (Å²) in [7, 11) is 1.48. The lowest BCUT2D eigenvalue weighted by molar-refractivity contribution is -0.220. The average Bonchev–Trinajstić information content (AvgIpc) is 2.61. The molecule has 0 aromatic rings. The standard InChI is InChI=1S/C11H18O5/c1-5-8-7(13)3-6(4-12)9(8)11(15-2)16-10(5)14/h5-9,11-13H,3-4H2,1-2H3/t5-,6-,7+,8+,9+,11+/m1/s1. The minimum atomic E-state index is -0.636. The molecule has 2 aliphatic rings. The number of ether oxygens (including phenoxy) is 2. The molecule has 0 aromatic carbocycles. The molecule has 16 heavy (non-hydrogen) atoms. The highest BCUT2D eigenvalue weighted by atomic mass is 16.7. The topological polar surface area (TPSA) is 76.0 Å². The quantitative estimate of drug-likeness (QED) is 0.640. The summed E-state index contributed by atoms with van der Waals surface area (Å²) >= 11 is 0. The van der Waals surface area contributed by atoms with Crippen LogP contribution in [0.15, 0.2) is 0 Å². The van der Waals surface area contributed by atoms with Crippen molar-refractivity contribution in [1.82, 2.24) is 0 Å². The third kappa shape index (κ3) is 1.63.